The Bertz CT molecular complexity index is 560. The first-order chi connectivity index (χ1) is 8.95. The molecule has 1 aliphatic heterocycles. The molecule has 1 aromatic rings. The number of nitrogens with two attached hydrogens (primary N) is 1. The van der Waals surface area contributed by atoms with Gasteiger partial charge in [0, 0.05) is 18.8 Å². The average Bonchev–Trinajstić information content (AvgIpc) is 2.82. The molecular weight excluding hydrogens is 284 g/mol. The van der Waals surface area contributed by atoms with Gasteiger partial charge in [-0.25, -0.2) is 8.42 Å². The van der Waals surface area contributed by atoms with Gasteiger partial charge in [-0.1, -0.05) is 24.9 Å². The minimum absolute atomic E-state index is 0.117. The van der Waals surface area contributed by atoms with Crippen LogP contribution in [-0.2, 0) is 10.0 Å². The van der Waals surface area contributed by atoms with Crippen molar-refractivity contribution in [2.24, 2.45) is 5.92 Å². The Hall–Kier alpha value is -0.780. The van der Waals surface area contributed by atoms with Crippen molar-refractivity contribution in [2.45, 2.75) is 31.1 Å². The molecule has 0 saturated carbocycles. The molecule has 1 saturated heterocycles. The molecule has 0 spiro atoms. The summed E-state index contributed by atoms with van der Waals surface area (Å²) >= 11 is 6.00. The van der Waals surface area contributed by atoms with Crippen LogP contribution in [0.2, 0.25) is 5.02 Å². The van der Waals surface area contributed by atoms with Crippen LogP contribution in [-0.4, -0.2) is 25.8 Å². The second kappa shape index (κ2) is 5.69. The van der Waals surface area contributed by atoms with Gasteiger partial charge in [0.05, 0.1) is 5.02 Å². The number of benzene rings is 1. The van der Waals surface area contributed by atoms with E-state index in [0.717, 1.165) is 19.3 Å². The first-order valence-corrected chi connectivity index (χ1v) is 8.32. The van der Waals surface area contributed by atoms with E-state index in [2.05, 4.69) is 6.92 Å². The molecule has 19 heavy (non-hydrogen) atoms. The highest BCUT2D eigenvalue weighted by atomic mass is 35.5. The third-order valence-corrected chi connectivity index (χ3v) is 5.87. The zero-order valence-electron chi connectivity index (χ0n) is 11.0. The number of halogens is 1. The van der Waals surface area contributed by atoms with E-state index in [4.69, 9.17) is 17.3 Å². The number of hydrogen-bond acceptors (Lipinski definition) is 3. The van der Waals surface area contributed by atoms with Crippen molar-refractivity contribution in [1.82, 2.24) is 4.31 Å². The molecule has 1 unspecified atom stereocenters. The van der Waals surface area contributed by atoms with E-state index in [-0.39, 0.29) is 9.92 Å². The number of nitrogens with zero attached hydrogens (tertiary/aromatic N) is 1. The monoisotopic (exact) mass is 302 g/mol. The van der Waals surface area contributed by atoms with Gasteiger partial charge in [0.1, 0.15) is 4.90 Å². The van der Waals surface area contributed by atoms with Gasteiger partial charge in [-0.3, -0.25) is 0 Å². The molecule has 2 N–H and O–H groups in total. The summed E-state index contributed by atoms with van der Waals surface area (Å²) in [7, 11) is -3.52. The van der Waals surface area contributed by atoms with Crippen LogP contribution in [0.25, 0.3) is 0 Å². The van der Waals surface area contributed by atoms with Gasteiger partial charge in [0.25, 0.3) is 0 Å². The molecule has 0 aromatic heterocycles. The van der Waals surface area contributed by atoms with Crippen molar-refractivity contribution >= 4 is 27.3 Å². The molecule has 106 valence electrons. The summed E-state index contributed by atoms with van der Waals surface area (Å²) < 4.78 is 26.6. The first-order valence-electron chi connectivity index (χ1n) is 6.50. The molecule has 0 amide bonds. The highest BCUT2D eigenvalue weighted by Gasteiger charge is 2.33. The summed E-state index contributed by atoms with van der Waals surface area (Å²) in [5.41, 5.74) is 6.07. The predicted molar refractivity (Wildman–Crippen MR) is 77.6 cm³/mol. The molecule has 1 aromatic carbocycles. The number of rotatable bonds is 4. The minimum atomic E-state index is -3.52. The van der Waals surface area contributed by atoms with Crippen LogP contribution >= 0.6 is 11.6 Å². The summed E-state index contributed by atoms with van der Waals surface area (Å²) in [5, 5.41) is 0.230. The summed E-state index contributed by atoms with van der Waals surface area (Å²) in [4.78, 5) is 0.117. The van der Waals surface area contributed by atoms with Crippen molar-refractivity contribution < 1.29 is 8.42 Å². The second-order valence-corrected chi connectivity index (χ2v) is 7.31. The molecular formula is C13H19ClN2O2S. The van der Waals surface area contributed by atoms with Gasteiger partial charge in [0.2, 0.25) is 10.0 Å². The zero-order valence-corrected chi connectivity index (χ0v) is 12.5. The van der Waals surface area contributed by atoms with E-state index in [1.165, 1.54) is 16.4 Å². The molecule has 6 heteroatoms. The summed E-state index contributed by atoms with van der Waals surface area (Å²) in [6.45, 7) is 3.27. The Labute approximate surface area is 119 Å². The van der Waals surface area contributed by atoms with Crippen LogP contribution in [0.4, 0.5) is 5.69 Å². The quantitative estimate of drug-likeness (QED) is 0.870. The van der Waals surface area contributed by atoms with E-state index in [1.54, 1.807) is 6.07 Å². The van der Waals surface area contributed by atoms with Crippen molar-refractivity contribution in [1.29, 1.82) is 0 Å². The molecule has 4 nitrogen and oxygen atoms in total. The van der Waals surface area contributed by atoms with Crippen LogP contribution in [0, 0.1) is 5.92 Å². The minimum Gasteiger partial charge on any atom is -0.399 e. The highest BCUT2D eigenvalue weighted by molar-refractivity contribution is 7.89. The van der Waals surface area contributed by atoms with Gasteiger partial charge in [-0.05, 0) is 37.0 Å². The van der Waals surface area contributed by atoms with Crippen molar-refractivity contribution in [3.05, 3.63) is 23.2 Å². The molecule has 0 aliphatic carbocycles. The van der Waals surface area contributed by atoms with Crippen molar-refractivity contribution in [2.75, 3.05) is 18.8 Å². The van der Waals surface area contributed by atoms with E-state index in [9.17, 15) is 8.42 Å². The average molecular weight is 303 g/mol. The molecule has 1 heterocycles. The fourth-order valence-corrected chi connectivity index (χ4v) is 4.56. The van der Waals surface area contributed by atoms with Gasteiger partial charge >= 0.3 is 0 Å². The van der Waals surface area contributed by atoms with Gasteiger partial charge in [-0.15, -0.1) is 0 Å². The molecule has 1 atom stereocenters. The van der Waals surface area contributed by atoms with E-state index >= 15 is 0 Å². The number of sulfonamides is 1. The van der Waals surface area contributed by atoms with Crippen LogP contribution in [0.5, 0.6) is 0 Å². The van der Waals surface area contributed by atoms with Crippen LogP contribution in [0.3, 0.4) is 0 Å². The lowest BCUT2D eigenvalue weighted by Crippen LogP contribution is -2.29. The lowest BCUT2D eigenvalue weighted by atomic mass is 10.0. The third-order valence-electron chi connectivity index (χ3n) is 3.52. The molecule has 0 radical (unpaired) electrons. The smallest absolute Gasteiger partial charge is 0.244 e. The van der Waals surface area contributed by atoms with Gasteiger partial charge < -0.3 is 5.73 Å². The number of nitrogen functional groups attached to an aromatic ring is 1. The largest absolute Gasteiger partial charge is 0.399 e. The highest BCUT2D eigenvalue weighted by Crippen LogP contribution is 2.31. The fourth-order valence-electron chi connectivity index (χ4n) is 2.52. The molecule has 1 aliphatic rings. The normalized spacial score (nSPS) is 20.8. The van der Waals surface area contributed by atoms with E-state index in [1.807, 2.05) is 0 Å². The summed E-state index contributed by atoms with van der Waals surface area (Å²) in [5.74, 6) is 0.458. The topological polar surface area (TPSA) is 63.4 Å². The van der Waals surface area contributed by atoms with E-state index < -0.39 is 10.0 Å². The predicted octanol–water partition coefficient (Wildman–Crippen LogP) is 2.73. The Morgan fingerprint density at radius 3 is 2.89 bits per heavy atom. The van der Waals surface area contributed by atoms with Gasteiger partial charge in [-0.2, -0.15) is 4.31 Å². The lowest BCUT2D eigenvalue weighted by Gasteiger charge is -2.17. The van der Waals surface area contributed by atoms with Crippen LogP contribution < -0.4 is 5.73 Å². The van der Waals surface area contributed by atoms with E-state index in [0.29, 0.717) is 24.7 Å². The molecule has 0 bridgehead atoms. The second-order valence-electron chi connectivity index (χ2n) is 5.00. The Morgan fingerprint density at radius 2 is 2.21 bits per heavy atom. The number of hydrogen-bond donors (Lipinski definition) is 1. The maximum Gasteiger partial charge on any atom is 0.244 e. The van der Waals surface area contributed by atoms with Crippen molar-refractivity contribution in [3.63, 3.8) is 0 Å². The first kappa shape index (κ1) is 14.6. The van der Waals surface area contributed by atoms with Crippen LogP contribution in [0.1, 0.15) is 26.2 Å². The summed E-state index contributed by atoms with van der Waals surface area (Å²) in [6, 6.07) is 4.57. The van der Waals surface area contributed by atoms with Crippen LogP contribution in [0.15, 0.2) is 23.1 Å². The Kier molecular flexibility index (Phi) is 4.38. The maximum atomic E-state index is 12.5. The Balaban J connectivity index is 2.26. The lowest BCUT2D eigenvalue weighted by molar-refractivity contribution is 0.444. The summed E-state index contributed by atoms with van der Waals surface area (Å²) in [6.07, 6.45) is 3.07. The fraction of sp³-hybridized carbons (Fsp3) is 0.538. The SMILES string of the molecule is CCCC1CCN(S(=O)(=O)c2cc(N)ccc2Cl)C1. The maximum absolute atomic E-state index is 12.5. The Morgan fingerprint density at radius 1 is 1.47 bits per heavy atom. The third kappa shape index (κ3) is 3.04. The zero-order chi connectivity index (χ0) is 14.0. The molecule has 2 rings (SSSR count). The molecule has 1 fully saturated rings. The standard InChI is InChI=1S/C13H19ClN2O2S/c1-2-3-10-6-7-16(9-10)19(17,18)13-8-11(15)4-5-12(13)14/h4-5,8,10H,2-3,6-7,9,15H2,1H3. The number of anilines is 1. The van der Waals surface area contributed by atoms with Gasteiger partial charge in [0.15, 0.2) is 0 Å². The van der Waals surface area contributed by atoms with Crippen molar-refractivity contribution in [3.8, 4) is 0 Å².